The van der Waals surface area contributed by atoms with Crippen LogP contribution in [0.3, 0.4) is 0 Å². The Bertz CT molecular complexity index is 365. The molecule has 2 heteroatoms. The first kappa shape index (κ1) is 11.5. The van der Waals surface area contributed by atoms with E-state index in [0.717, 1.165) is 13.1 Å². The lowest BCUT2D eigenvalue weighted by Gasteiger charge is -2.38. The van der Waals surface area contributed by atoms with Crippen molar-refractivity contribution in [1.82, 2.24) is 5.32 Å². The Morgan fingerprint density at radius 3 is 2.62 bits per heavy atom. The summed E-state index contributed by atoms with van der Waals surface area (Å²) in [5, 5.41) is 3.56. The Labute approximate surface area is 98.7 Å². The first-order valence-electron chi connectivity index (χ1n) is 6.07. The quantitative estimate of drug-likeness (QED) is 0.720. The SMILES string of the molecule is CC1CN(C(C)(C)C)c2ccccc2CN1. The molecule has 88 valence electrons. The molecule has 0 aromatic heterocycles. The van der Waals surface area contributed by atoms with Gasteiger partial charge >= 0.3 is 0 Å². The summed E-state index contributed by atoms with van der Waals surface area (Å²) < 4.78 is 0. The van der Waals surface area contributed by atoms with E-state index in [1.54, 1.807) is 0 Å². The number of fused-ring (bicyclic) bond motifs is 1. The zero-order valence-electron chi connectivity index (χ0n) is 10.7. The van der Waals surface area contributed by atoms with Crippen LogP contribution >= 0.6 is 0 Å². The summed E-state index contributed by atoms with van der Waals surface area (Å²) in [7, 11) is 0. The molecule has 0 radical (unpaired) electrons. The highest BCUT2D eigenvalue weighted by atomic mass is 15.2. The molecule has 0 spiro atoms. The van der Waals surface area contributed by atoms with E-state index in [1.807, 2.05) is 0 Å². The fourth-order valence-corrected chi connectivity index (χ4v) is 2.28. The van der Waals surface area contributed by atoms with Crippen molar-refractivity contribution in [2.45, 2.75) is 45.8 Å². The van der Waals surface area contributed by atoms with Crippen molar-refractivity contribution in [3.8, 4) is 0 Å². The lowest BCUT2D eigenvalue weighted by molar-refractivity contribution is 0.463. The maximum Gasteiger partial charge on any atom is 0.0416 e. The summed E-state index contributed by atoms with van der Waals surface area (Å²) in [6.07, 6.45) is 0. The van der Waals surface area contributed by atoms with Crippen LogP contribution in [0.5, 0.6) is 0 Å². The first-order valence-corrected chi connectivity index (χ1v) is 6.07. The maximum atomic E-state index is 3.56. The lowest BCUT2D eigenvalue weighted by Crippen LogP contribution is -2.46. The van der Waals surface area contributed by atoms with Gasteiger partial charge in [0.1, 0.15) is 0 Å². The van der Waals surface area contributed by atoms with Crippen LogP contribution in [-0.2, 0) is 6.54 Å². The van der Waals surface area contributed by atoms with E-state index in [0.29, 0.717) is 6.04 Å². The molecule has 1 aliphatic heterocycles. The standard InChI is InChI=1S/C14H22N2/c1-11-10-16(14(2,3)4)13-8-6-5-7-12(13)9-15-11/h5-8,11,15H,9-10H2,1-4H3. The van der Waals surface area contributed by atoms with Crippen molar-refractivity contribution in [2.75, 3.05) is 11.4 Å². The molecule has 0 amide bonds. The van der Waals surface area contributed by atoms with Gasteiger partial charge in [-0.15, -0.1) is 0 Å². The van der Waals surface area contributed by atoms with Gasteiger partial charge in [0, 0.05) is 30.4 Å². The molecule has 0 bridgehead atoms. The van der Waals surface area contributed by atoms with Crippen LogP contribution in [0.25, 0.3) is 0 Å². The van der Waals surface area contributed by atoms with E-state index in [9.17, 15) is 0 Å². The van der Waals surface area contributed by atoms with Crippen LogP contribution in [0.2, 0.25) is 0 Å². The van der Waals surface area contributed by atoms with E-state index in [2.05, 4.69) is 62.2 Å². The van der Waals surface area contributed by atoms with Crippen LogP contribution in [0.4, 0.5) is 5.69 Å². The van der Waals surface area contributed by atoms with Gasteiger partial charge in [-0.05, 0) is 39.3 Å². The smallest absolute Gasteiger partial charge is 0.0416 e. The van der Waals surface area contributed by atoms with Gasteiger partial charge in [0.05, 0.1) is 0 Å². The summed E-state index contributed by atoms with van der Waals surface area (Å²) >= 11 is 0. The molecule has 1 heterocycles. The number of anilines is 1. The van der Waals surface area contributed by atoms with Crippen molar-refractivity contribution >= 4 is 5.69 Å². The van der Waals surface area contributed by atoms with Crippen LogP contribution < -0.4 is 10.2 Å². The van der Waals surface area contributed by atoms with Gasteiger partial charge in [0.15, 0.2) is 0 Å². The molecule has 1 unspecified atom stereocenters. The van der Waals surface area contributed by atoms with Crippen molar-refractivity contribution in [2.24, 2.45) is 0 Å². The predicted octanol–water partition coefficient (Wildman–Crippen LogP) is 2.78. The van der Waals surface area contributed by atoms with Gasteiger partial charge in [-0.3, -0.25) is 0 Å². The normalized spacial score (nSPS) is 21.5. The van der Waals surface area contributed by atoms with Crippen molar-refractivity contribution in [1.29, 1.82) is 0 Å². The molecule has 16 heavy (non-hydrogen) atoms. The average Bonchev–Trinajstić information content (AvgIpc) is 2.38. The number of benzene rings is 1. The number of hydrogen-bond donors (Lipinski definition) is 1. The van der Waals surface area contributed by atoms with Gasteiger partial charge in [-0.2, -0.15) is 0 Å². The van der Waals surface area contributed by atoms with Crippen molar-refractivity contribution < 1.29 is 0 Å². The number of nitrogens with one attached hydrogen (secondary N) is 1. The van der Waals surface area contributed by atoms with Crippen LogP contribution in [0.15, 0.2) is 24.3 Å². The summed E-state index contributed by atoms with van der Waals surface area (Å²) in [6, 6.07) is 9.25. The van der Waals surface area contributed by atoms with E-state index >= 15 is 0 Å². The van der Waals surface area contributed by atoms with E-state index in [-0.39, 0.29) is 5.54 Å². The van der Waals surface area contributed by atoms with E-state index < -0.39 is 0 Å². The Morgan fingerprint density at radius 2 is 1.94 bits per heavy atom. The maximum absolute atomic E-state index is 3.56. The Balaban J connectivity index is 2.43. The monoisotopic (exact) mass is 218 g/mol. The minimum absolute atomic E-state index is 0.177. The van der Waals surface area contributed by atoms with Gasteiger partial charge in [0.25, 0.3) is 0 Å². The van der Waals surface area contributed by atoms with Gasteiger partial charge in [0.2, 0.25) is 0 Å². The zero-order chi connectivity index (χ0) is 11.8. The second-order valence-corrected chi connectivity index (χ2v) is 5.69. The molecule has 1 aliphatic rings. The van der Waals surface area contributed by atoms with Crippen molar-refractivity contribution in [3.05, 3.63) is 29.8 Å². The van der Waals surface area contributed by atoms with E-state index in [1.165, 1.54) is 11.3 Å². The number of nitrogens with zero attached hydrogens (tertiary/aromatic N) is 1. The minimum atomic E-state index is 0.177. The molecule has 0 fully saturated rings. The largest absolute Gasteiger partial charge is 0.365 e. The Kier molecular flexibility index (Phi) is 2.94. The molecule has 0 aliphatic carbocycles. The van der Waals surface area contributed by atoms with Crippen LogP contribution in [0.1, 0.15) is 33.3 Å². The molecule has 1 aromatic carbocycles. The van der Waals surface area contributed by atoms with Gasteiger partial charge in [-0.25, -0.2) is 0 Å². The molecule has 0 saturated heterocycles. The molecule has 1 atom stereocenters. The number of hydrogen-bond acceptors (Lipinski definition) is 2. The molecule has 1 aromatic rings. The molecule has 2 rings (SSSR count). The summed E-state index contributed by atoms with van der Waals surface area (Å²) in [5.41, 5.74) is 2.96. The molecule has 2 nitrogen and oxygen atoms in total. The third-order valence-electron chi connectivity index (χ3n) is 3.19. The van der Waals surface area contributed by atoms with Crippen LogP contribution in [0, 0.1) is 0 Å². The fourth-order valence-electron chi connectivity index (χ4n) is 2.28. The van der Waals surface area contributed by atoms with Gasteiger partial charge in [-0.1, -0.05) is 18.2 Å². The molecular formula is C14H22N2. The molecule has 0 saturated carbocycles. The fraction of sp³-hybridized carbons (Fsp3) is 0.571. The summed E-state index contributed by atoms with van der Waals surface area (Å²) in [4.78, 5) is 2.51. The average molecular weight is 218 g/mol. The molecular weight excluding hydrogens is 196 g/mol. The second-order valence-electron chi connectivity index (χ2n) is 5.69. The zero-order valence-corrected chi connectivity index (χ0v) is 10.7. The number of rotatable bonds is 0. The highest BCUT2D eigenvalue weighted by molar-refractivity contribution is 5.56. The minimum Gasteiger partial charge on any atom is -0.365 e. The Morgan fingerprint density at radius 1 is 1.25 bits per heavy atom. The highest BCUT2D eigenvalue weighted by Gasteiger charge is 2.27. The third kappa shape index (κ3) is 2.22. The summed E-state index contributed by atoms with van der Waals surface area (Å²) in [6.45, 7) is 11.1. The first-order chi connectivity index (χ1) is 7.48. The predicted molar refractivity (Wildman–Crippen MR) is 69.8 cm³/mol. The third-order valence-corrected chi connectivity index (χ3v) is 3.19. The number of para-hydroxylation sites is 1. The highest BCUT2D eigenvalue weighted by Crippen LogP contribution is 2.29. The summed E-state index contributed by atoms with van der Waals surface area (Å²) in [5.74, 6) is 0. The second kappa shape index (κ2) is 4.10. The van der Waals surface area contributed by atoms with Crippen molar-refractivity contribution in [3.63, 3.8) is 0 Å². The van der Waals surface area contributed by atoms with E-state index in [4.69, 9.17) is 0 Å². The lowest BCUT2D eigenvalue weighted by atomic mass is 10.0. The topological polar surface area (TPSA) is 15.3 Å². The molecule has 1 N–H and O–H groups in total. The van der Waals surface area contributed by atoms with Gasteiger partial charge < -0.3 is 10.2 Å². The Hall–Kier alpha value is -1.02. The van der Waals surface area contributed by atoms with Crippen LogP contribution in [-0.4, -0.2) is 18.1 Å².